The molecule has 1 unspecified atom stereocenters. The average Bonchev–Trinajstić information content (AvgIpc) is 2.97. The first kappa shape index (κ1) is 16.5. The van der Waals surface area contributed by atoms with Gasteiger partial charge in [0.2, 0.25) is 0 Å². The van der Waals surface area contributed by atoms with Gasteiger partial charge >= 0.3 is 0 Å². The van der Waals surface area contributed by atoms with Crippen LogP contribution >= 0.6 is 11.8 Å². The molecular weight excluding hydrogens is 282 g/mol. The van der Waals surface area contributed by atoms with Crippen LogP contribution < -0.4 is 16.6 Å². The SMILES string of the molecule is CCSCC[C@@H](N)C(O)C(=O)NNC(=O)c1cn[nH]c1. The van der Waals surface area contributed by atoms with Gasteiger partial charge in [0.25, 0.3) is 11.8 Å². The summed E-state index contributed by atoms with van der Waals surface area (Å²) in [6.07, 6.45) is 1.84. The summed E-state index contributed by atoms with van der Waals surface area (Å²) in [6, 6.07) is -0.667. The van der Waals surface area contributed by atoms with Gasteiger partial charge in [-0.05, 0) is 17.9 Å². The number of aromatic nitrogens is 2. The van der Waals surface area contributed by atoms with Crippen LogP contribution in [0.25, 0.3) is 0 Å². The van der Waals surface area contributed by atoms with Crippen LogP contribution in [0.15, 0.2) is 12.4 Å². The minimum atomic E-state index is -1.36. The Morgan fingerprint density at radius 1 is 1.55 bits per heavy atom. The number of aliphatic hydroxyl groups is 1. The lowest BCUT2D eigenvalue weighted by atomic mass is 10.1. The second-order valence-electron chi connectivity index (χ2n) is 4.02. The van der Waals surface area contributed by atoms with Crippen molar-refractivity contribution in [2.45, 2.75) is 25.5 Å². The molecule has 2 amide bonds. The monoisotopic (exact) mass is 301 g/mol. The largest absolute Gasteiger partial charge is 0.382 e. The van der Waals surface area contributed by atoms with E-state index in [-0.39, 0.29) is 5.56 Å². The van der Waals surface area contributed by atoms with Gasteiger partial charge in [-0.3, -0.25) is 25.5 Å². The van der Waals surface area contributed by atoms with Gasteiger partial charge in [0.05, 0.1) is 11.8 Å². The van der Waals surface area contributed by atoms with Crippen LogP contribution in [0.5, 0.6) is 0 Å². The molecule has 0 aliphatic carbocycles. The van der Waals surface area contributed by atoms with E-state index in [1.807, 2.05) is 6.92 Å². The predicted octanol–water partition coefficient (Wildman–Crippen LogP) is -0.998. The number of hydrazine groups is 1. The highest BCUT2D eigenvalue weighted by molar-refractivity contribution is 7.99. The number of hydrogen-bond donors (Lipinski definition) is 5. The van der Waals surface area contributed by atoms with E-state index in [9.17, 15) is 14.7 Å². The number of hydrogen-bond acceptors (Lipinski definition) is 6. The number of thioether (sulfide) groups is 1. The van der Waals surface area contributed by atoms with E-state index in [0.717, 1.165) is 11.5 Å². The molecular formula is C11H19N5O3S. The van der Waals surface area contributed by atoms with Crippen molar-refractivity contribution in [3.05, 3.63) is 18.0 Å². The van der Waals surface area contributed by atoms with Crippen molar-refractivity contribution in [3.8, 4) is 0 Å². The highest BCUT2D eigenvalue weighted by Gasteiger charge is 2.23. The number of aromatic amines is 1. The molecule has 0 saturated heterocycles. The molecule has 20 heavy (non-hydrogen) atoms. The van der Waals surface area contributed by atoms with Crippen LogP contribution in [0.3, 0.4) is 0 Å². The number of nitrogens with zero attached hydrogens (tertiary/aromatic N) is 1. The zero-order chi connectivity index (χ0) is 15.0. The fourth-order valence-electron chi connectivity index (χ4n) is 1.36. The van der Waals surface area contributed by atoms with Crippen LogP contribution in [-0.4, -0.2) is 50.8 Å². The molecule has 0 aliphatic rings. The number of rotatable bonds is 7. The number of carbonyl (C=O) groups excluding carboxylic acids is 2. The summed E-state index contributed by atoms with van der Waals surface area (Å²) < 4.78 is 0. The van der Waals surface area contributed by atoms with Gasteiger partial charge in [0.1, 0.15) is 6.10 Å². The Bertz CT molecular complexity index is 426. The minimum Gasteiger partial charge on any atom is -0.382 e. The van der Waals surface area contributed by atoms with Crippen molar-refractivity contribution in [3.63, 3.8) is 0 Å². The molecule has 1 rings (SSSR count). The molecule has 0 fully saturated rings. The van der Waals surface area contributed by atoms with E-state index < -0.39 is 24.0 Å². The van der Waals surface area contributed by atoms with Crippen LogP contribution in [0, 0.1) is 0 Å². The van der Waals surface area contributed by atoms with Crippen molar-refractivity contribution in [2.24, 2.45) is 5.73 Å². The van der Waals surface area contributed by atoms with Gasteiger partial charge < -0.3 is 10.8 Å². The highest BCUT2D eigenvalue weighted by Crippen LogP contribution is 2.05. The Morgan fingerprint density at radius 3 is 2.90 bits per heavy atom. The molecule has 0 aliphatic heterocycles. The zero-order valence-electron chi connectivity index (χ0n) is 11.1. The Morgan fingerprint density at radius 2 is 2.30 bits per heavy atom. The van der Waals surface area contributed by atoms with Crippen molar-refractivity contribution in [1.82, 2.24) is 21.0 Å². The first-order valence-electron chi connectivity index (χ1n) is 6.16. The molecule has 0 saturated carbocycles. The summed E-state index contributed by atoms with van der Waals surface area (Å²) in [4.78, 5) is 23.1. The maximum atomic E-state index is 11.6. The van der Waals surface area contributed by atoms with Gasteiger partial charge in [-0.15, -0.1) is 0 Å². The third-order valence-corrected chi connectivity index (χ3v) is 3.47. The number of aliphatic hydroxyl groups excluding tert-OH is 1. The summed E-state index contributed by atoms with van der Waals surface area (Å²) in [5, 5.41) is 15.8. The van der Waals surface area contributed by atoms with Crippen molar-refractivity contribution in [2.75, 3.05) is 11.5 Å². The van der Waals surface area contributed by atoms with Gasteiger partial charge in [-0.2, -0.15) is 16.9 Å². The Kier molecular flexibility index (Phi) is 7.05. The molecule has 6 N–H and O–H groups in total. The average molecular weight is 301 g/mol. The third kappa shape index (κ3) is 5.19. The molecule has 0 radical (unpaired) electrons. The Labute approximate surface area is 120 Å². The number of amides is 2. The lowest BCUT2D eigenvalue weighted by Crippen LogP contribution is -2.52. The summed E-state index contributed by atoms with van der Waals surface area (Å²) in [7, 11) is 0. The Balaban J connectivity index is 2.32. The molecule has 8 nitrogen and oxygen atoms in total. The van der Waals surface area contributed by atoms with Gasteiger partial charge in [0, 0.05) is 12.2 Å². The molecule has 0 bridgehead atoms. The number of nitrogens with one attached hydrogen (secondary N) is 3. The molecule has 1 aromatic heterocycles. The molecule has 2 atom stereocenters. The number of carbonyl (C=O) groups is 2. The molecule has 1 heterocycles. The normalized spacial score (nSPS) is 13.6. The smallest absolute Gasteiger partial charge is 0.272 e. The maximum Gasteiger partial charge on any atom is 0.272 e. The van der Waals surface area contributed by atoms with E-state index in [1.165, 1.54) is 12.4 Å². The van der Waals surface area contributed by atoms with Crippen molar-refractivity contribution >= 4 is 23.6 Å². The second-order valence-corrected chi connectivity index (χ2v) is 5.42. The first-order valence-corrected chi connectivity index (χ1v) is 7.32. The lowest BCUT2D eigenvalue weighted by molar-refractivity contribution is -0.131. The van der Waals surface area contributed by atoms with Crippen LogP contribution in [0.2, 0.25) is 0 Å². The van der Waals surface area contributed by atoms with Gasteiger partial charge in [-0.25, -0.2) is 0 Å². The van der Waals surface area contributed by atoms with Gasteiger partial charge in [-0.1, -0.05) is 6.92 Å². The molecule has 1 aromatic rings. The molecule has 0 aromatic carbocycles. The summed E-state index contributed by atoms with van der Waals surface area (Å²) >= 11 is 1.68. The number of H-pyrrole nitrogens is 1. The number of nitrogens with two attached hydrogens (primary N) is 1. The summed E-state index contributed by atoms with van der Waals surface area (Å²) in [5.74, 6) is 0.448. The van der Waals surface area contributed by atoms with Crippen LogP contribution in [0.1, 0.15) is 23.7 Å². The first-order chi connectivity index (χ1) is 9.56. The lowest BCUT2D eigenvalue weighted by Gasteiger charge is -2.18. The maximum absolute atomic E-state index is 11.6. The van der Waals surface area contributed by atoms with Gasteiger partial charge in [0.15, 0.2) is 0 Å². The topological polar surface area (TPSA) is 133 Å². The third-order valence-electron chi connectivity index (χ3n) is 2.53. The standard InChI is InChI=1S/C11H19N5O3S/c1-2-20-4-3-8(12)9(17)11(19)16-15-10(18)7-5-13-14-6-7/h5-6,8-9,17H,2-4,12H2,1H3,(H,13,14)(H,15,18)(H,16,19)/t8-,9?/m1/s1. The minimum absolute atomic E-state index is 0.267. The summed E-state index contributed by atoms with van der Waals surface area (Å²) in [6.45, 7) is 2.02. The quantitative estimate of drug-likeness (QED) is 0.324. The van der Waals surface area contributed by atoms with E-state index >= 15 is 0 Å². The van der Waals surface area contributed by atoms with Crippen LogP contribution in [-0.2, 0) is 4.79 Å². The van der Waals surface area contributed by atoms with E-state index in [0.29, 0.717) is 6.42 Å². The van der Waals surface area contributed by atoms with E-state index in [2.05, 4.69) is 21.0 Å². The van der Waals surface area contributed by atoms with Crippen LogP contribution in [0.4, 0.5) is 0 Å². The van der Waals surface area contributed by atoms with Crippen molar-refractivity contribution < 1.29 is 14.7 Å². The van der Waals surface area contributed by atoms with Crippen molar-refractivity contribution in [1.29, 1.82) is 0 Å². The second kappa shape index (κ2) is 8.56. The molecule has 112 valence electrons. The van der Waals surface area contributed by atoms with E-state index in [1.54, 1.807) is 11.8 Å². The Hall–Kier alpha value is -1.58. The van der Waals surface area contributed by atoms with E-state index in [4.69, 9.17) is 5.73 Å². The predicted molar refractivity (Wildman–Crippen MR) is 75.8 cm³/mol. The summed E-state index contributed by atoms with van der Waals surface area (Å²) in [5.41, 5.74) is 10.3. The molecule has 0 spiro atoms. The molecule has 9 heteroatoms. The fourth-order valence-corrected chi connectivity index (χ4v) is 2.08. The highest BCUT2D eigenvalue weighted by atomic mass is 32.2. The fraction of sp³-hybridized carbons (Fsp3) is 0.545. The zero-order valence-corrected chi connectivity index (χ0v) is 11.9.